The van der Waals surface area contributed by atoms with Crippen molar-refractivity contribution in [1.29, 1.82) is 0 Å². The molecular formula is C24H29N3O2S. The van der Waals surface area contributed by atoms with E-state index in [1.54, 1.807) is 0 Å². The van der Waals surface area contributed by atoms with Crippen molar-refractivity contribution in [3.8, 4) is 0 Å². The minimum atomic E-state index is 0.0331. The summed E-state index contributed by atoms with van der Waals surface area (Å²) in [6.07, 6.45) is 1.03. The summed E-state index contributed by atoms with van der Waals surface area (Å²) in [5.41, 5.74) is 1.91. The monoisotopic (exact) mass is 423 g/mol. The molecule has 0 amide bonds. The molecule has 3 aromatic rings. The van der Waals surface area contributed by atoms with E-state index in [4.69, 9.17) is 21.4 Å². The lowest BCUT2D eigenvalue weighted by molar-refractivity contribution is 0.0365. The molecule has 1 N–H and O–H groups in total. The fourth-order valence-electron chi connectivity index (χ4n) is 3.84. The molecule has 158 valence electrons. The maximum Gasteiger partial charge on any atom is 0.174 e. The van der Waals surface area contributed by atoms with Gasteiger partial charge >= 0.3 is 0 Å². The number of ether oxygens (including phenoxy) is 1. The number of rotatable bonds is 7. The van der Waals surface area contributed by atoms with Crippen LogP contribution in [0.1, 0.15) is 25.1 Å². The zero-order valence-electron chi connectivity index (χ0n) is 17.4. The standard InChI is InChI=1S/C24H29N3O2S/c1-19(23-18-20-8-5-6-11-22(20)29-23)27(13-7-12-26-14-16-28-17-15-26)24(30)25-21-9-3-2-4-10-21/h2-6,8-11,18-19H,7,12-17H2,1H3,(H,25,30)/t19-/m1/s1. The zero-order valence-corrected chi connectivity index (χ0v) is 18.2. The molecule has 6 heteroatoms. The lowest BCUT2D eigenvalue weighted by Crippen LogP contribution is -2.41. The molecule has 1 atom stereocenters. The van der Waals surface area contributed by atoms with Crippen LogP contribution >= 0.6 is 12.2 Å². The van der Waals surface area contributed by atoms with Crippen molar-refractivity contribution in [2.75, 3.05) is 44.7 Å². The Morgan fingerprint density at radius 1 is 1.10 bits per heavy atom. The van der Waals surface area contributed by atoms with E-state index >= 15 is 0 Å². The average molecular weight is 424 g/mol. The molecule has 1 fully saturated rings. The lowest BCUT2D eigenvalue weighted by atomic mass is 10.2. The summed E-state index contributed by atoms with van der Waals surface area (Å²) >= 11 is 5.82. The van der Waals surface area contributed by atoms with Gasteiger partial charge in [0.25, 0.3) is 0 Å². The van der Waals surface area contributed by atoms with Crippen LogP contribution in [0.5, 0.6) is 0 Å². The number of benzene rings is 2. The minimum absolute atomic E-state index is 0.0331. The SMILES string of the molecule is C[C@H](c1cc2ccccc2o1)N(CCCN1CCOCC1)C(=S)Nc1ccccc1. The van der Waals surface area contributed by atoms with Crippen molar-refractivity contribution in [1.82, 2.24) is 9.80 Å². The third-order valence-electron chi connectivity index (χ3n) is 5.59. The molecule has 0 saturated carbocycles. The number of furan rings is 1. The molecule has 5 nitrogen and oxygen atoms in total. The molecule has 0 radical (unpaired) electrons. The third kappa shape index (κ3) is 5.19. The minimum Gasteiger partial charge on any atom is -0.459 e. The highest BCUT2D eigenvalue weighted by molar-refractivity contribution is 7.80. The molecule has 4 rings (SSSR count). The summed E-state index contributed by atoms with van der Waals surface area (Å²) in [6, 6.07) is 20.4. The van der Waals surface area contributed by atoms with E-state index < -0.39 is 0 Å². The van der Waals surface area contributed by atoms with Gasteiger partial charge < -0.3 is 19.4 Å². The van der Waals surface area contributed by atoms with Gasteiger partial charge in [0.15, 0.2) is 5.11 Å². The average Bonchev–Trinajstić information content (AvgIpc) is 3.22. The van der Waals surface area contributed by atoms with Gasteiger partial charge in [0, 0.05) is 37.3 Å². The Kier molecular flexibility index (Phi) is 7.00. The first-order valence-corrected chi connectivity index (χ1v) is 11.0. The van der Waals surface area contributed by atoms with Gasteiger partial charge in [-0.25, -0.2) is 0 Å². The van der Waals surface area contributed by atoms with E-state index in [1.165, 1.54) is 0 Å². The smallest absolute Gasteiger partial charge is 0.174 e. The Labute approximate surface area is 183 Å². The van der Waals surface area contributed by atoms with Crippen LogP contribution in [0, 0.1) is 0 Å². The molecule has 0 spiro atoms. The highest BCUT2D eigenvalue weighted by atomic mass is 32.1. The van der Waals surface area contributed by atoms with Crippen LogP contribution < -0.4 is 5.32 Å². The first-order chi connectivity index (χ1) is 14.7. The van der Waals surface area contributed by atoms with Gasteiger partial charge in [-0.1, -0.05) is 36.4 Å². The summed E-state index contributed by atoms with van der Waals surface area (Å²) in [7, 11) is 0. The largest absolute Gasteiger partial charge is 0.459 e. The number of nitrogens with one attached hydrogen (secondary N) is 1. The van der Waals surface area contributed by atoms with Crippen molar-refractivity contribution < 1.29 is 9.15 Å². The van der Waals surface area contributed by atoms with Gasteiger partial charge in [-0.3, -0.25) is 4.90 Å². The van der Waals surface area contributed by atoms with E-state index in [2.05, 4.69) is 34.2 Å². The predicted octanol–water partition coefficient (Wildman–Crippen LogP) is 4.92. The maximum atomic E-state index is 6.15. The van der Waals surface area contributed by atoms with Gasteiger partial charge in [-0.05, 0) is 49.8 Å². The summed E-state index contributed by atoms with van der Waals surface area (Å²) in [5.74, 6) is 0.930. The number of para-hydroxylation sites is 2. The molecule has 0 bridgehead atoms. The van der Waals surface area contributed by atoms with Crippen LogP contribution in [0.15, 0.2) is 65.1 Å². The topological polar surface area (TPSA) is 40.9 Å². The molecule has 30 heavy (non-hydrogen) atoms. The molecule has 1 aliphatic rings. The van der Waals surface area contributed by atoms with Crippen LogP contribution in [0.2, 0.25) is 0 Å². The first-order valence-electron chi connectivity index (χ1n) is 10.6. The van der Waals surface area contributed by atoms with Gasteiger partial charge in [0.2, 0.25) is 0 Å². The normalized spacial score (nSPS) is 15.8. The number of thiocarbonyl (C=S) groups is 1. The van der Waals surface area contributed by atoms with Crippen LogP contribution in [0.25, 0.3) is 11.0 Å². The molecule has 2 heterocycles. The van der Waals surface area contributed by atoms with Crippen LogP contribution in [0.3, 0.4) is 0 Å². The Morgan fingerprint density at radius 3 is 2.60 bits per heavy atom. The van der Waals surface area contributed by atoms with Gasteiger partial charge in [0.1, 0.15) is 11.3 Å². The molecule has 0 aliphatic carbocycles. The fraction of sp³-hybridized carbons (Fsp3) is 0.375. The molecular weight excluding hydrogens is 394 g/mol. The van der Waals surface area contributed by atoms with Gasteiger partial charge in [-0.15, -0.1) is 0 Å². The number of nitrogens with zero attached hydrogens (tertiary/aromatic N) is 2. The Hall–Kier alpha value is -2.41. The second kappa shape index (κ2) is 10.1. The highest BCUT2D eigenvalue weighted by Crippen LogP contribution is 2.28. The molecule has 1 aromatic heterocycles. The predicted molar refractivity (Wildman–Crippen MR) is 126 cm³/mol. The molecule has 0 unspecified atom stereocenters. The summed E-state index contributed by atoms with van der Waals surface area (Å²) in [4.78, 5) is 4.70. The third-order valence-corrected chi connectivity index (χ3v) is 5.92. The number of fused-ring (bicyclic) bond motifs is 1. The van der Waals surface area contributed by atoms with Crippen molar-refractivity contribution >= 4 is 34.0 Å². The molecule has 1 saturated heterocycles. The van der Waals surface area contributed by atoms with E-state index in [0.717, 1.165) is 73.3 Å². The van der Waals surface area contributed by atoms with Crippen molar-refractivity contribution in [2.45, 2.75) is 19.4 Å². The van der Waals surface area contributed by atoms with Crippen molar-refractivity contribution in [3.63, 3.8) is 0 Å². The number of hydrogen-bond acceptors (Lipinski definition) is 4. The Bertz CT molecular complexity index is 920. The maximum absolute atomic E-state index is 6.15. The summed E-state index contributed by atoms with van der Waals surface area (Å²) in [5, 5.41) is 5.24. The number of anilines is 1. The summed E-state index contributed by atoms with van der Waals surface area (Å²) in [6.45, 7) is 7.72. The zero-order chi connectivity index (χ0) is 20.8. The number of hydrogen-bond donors (Lipinski definition) is 1. The van der Waals surface area contributed by atoms with E-state index in [1.807, 2.05) is 48.5 Å². The van der Waals surface area contributed by atoms with Crippen molar-refractivity contribution in [3.05, 3.63) is 66.4 Å². The summed E-state index contributed by atoms with van der Waals surface area (Å²) < 4.78 is 11.6. The Balaban J connectivity index is 1.48. The van der Waals surface area contributed by atoms with E-state index in [-0.39, 0.29) is 6.04 Å². The van der Waals surface area contributed by atoms with Gasteiger partial charge in [0.05, 0.1) is 19.3 Å². The quantitative estimate of drug-likeness (QED) is 0.544. The second-order valence-corrected chi connectivity index (χ2v) is 8.05. The van der Waals surface area contributed by atoms with Crippen LogP contribution in [0.4, 0.5) is 5.69 Å². The fourth-order valence-corrected chi connectivity index (χ4v) is 4.21. The van der Waals surface area contributed by atoms with E-state index in [0.29, 0.717) is 0 Å². The second-order valence-electron chi connectivity index (χ2n) is 7.66. The number of morpholine rings is 1. The molecule has 2 aromatic carbocycles. The van der Waals surface area contributed by atoms with Crippen molar-refractivity contribution in [2.24, 2.45) is 0 Å². The van der Waals surface area contributed by atoms with Gasteiger partial charge in [-0.2, -0.15) is 0 Å². The van der Waals surface area contributed by atoms with Crippen LogP contribution in [-0.4, -0.2) is 54.3 Å². The molecule has 1 aliphatic heterocycles. The highest BCUT2D eigenvalue weighted by Gasteiger charge is 2.22. The lowest BCUT2D eigenvalue weighted by Gasteiger charge is -2.32. The van der Waals surface area contributed by atoms with E-state index in [9.17, 15) is 0 Å². The first kappa shape index (κ1) is 20.8. The van der Waals surface area contributed by atoms with Crippen LogP contribution in [-0.2, 0) is 4.74 Å². The Morgan fingerprint density at radius 2 is 1.83 bits per heavy atom.